The van der Waals surface area contributed by atoms with E-state index >= 15 is 0 Å². The van der Waals surface area contributed by atoms with Crippen LogP contribution in [0, 0.1) is 0 Å². The standard InChI is InChI=1S/C22H14Cl4O6/c23-13-5-7-17(15(25)9-13)31-21(27)11-29-19-3-1-2-4-20(19)30-12-22(28)32-18-8-6-14(24)10-16(18)26/h1-10H,11-12H2. The van der Waals surface area contributed by atoms with E-state index in [1.807, 2.05) is 0 Å². The monoisotopic (exact) mass is 514 g/mol. The van der Waals surface area contributed by atoms with Crippen molar-refractivity contribution in [2.24, 2.45) is 0 Å². The van der Waals surface area contributed by atoms with Crippen molar-refractivity contribution in [1.82, 2.24) is 0 Å². The molecule has 0 aromatic heterocycles. The average molecular weight is 516 g/mol. The molecule has 0 amide bonds. The van der Waals surface area contributed by atoms with Gasteiger partial charge in [-0.2, -0.15) is 0 Å². The quantitative estimate of drug-likeness (QED) is 0.260. The number of hydrogen-bond acceptors (Lipinski definition) is 6. The zero-order valence-electron chi connectivity index (χ0n) is 16.1. The molecule has 0 saturated heterocycles. The highest BCUT2D eigenvalue weighted by atomic mass is 35.5. The highest BCUT2D eigenvalue weighted by Gasteiger charge is 2.14. The molecule has 0 aliphatic heterocycles. The van der Waals surface area contributed by atoms with Gasteiger partial charge in [0.05, 0.1) is 10.0 Å². The second-order valence-corrected chi connectivity index (χ2v) is 7.81. The summed E-state index contributed by atoms with van der Waals surface area (Å²) in [5.74, 6) is -0.634. The fraction of sp³-hybridized carbons (Fsp3) is 0.0909. The third-order valence-corrected chi connectivity index (χ3v) is 4.84. The van der Waals surface area contributed by atoms with Crippen molar-refractivity contribution >= 4 is 58.3 Å². The Balaban J connectivity index is 1.54. The Morgan fingerprint density at radius 3 is 1.38 bits per heavy atom. The summed E-state index contributed by atoms with van der Waals surface area (Å²) in [6.45, 7) is -0.853. The van der Waals surface area contributed by atoms with Crippen LogP contribution in [-0.2, 0) is 9.59 Å². The van der Waals surface area contributed by atoms with Gasteiger partial charge in [-0.25, -0.2) is 9.59 Å². The predicted octanol–water partition coefficient (Wildman–Crippen LogP) is 6.27. The van der Waals surface area contributed by atoms with E-state index in [0.717, 1.165) is 0 Å². The molecular weight excluding hydrogens is 502 g/mol. The van der Waals surface area contributed by atoms with Crippen LogP contribution < -0.4 is 18.9 Å². The van der Waals surface area contributed by atoms with Gasteiger partial charge in [0.1, 0.15) is 11.5 Å². The van der Waals surface area contributed by atoms with E-state index in [1.165, 1.54) is 36.4 Å². The number of ether oxygens (including phenoxy) is 4. The molecule has 166 valence electrons. The van der Waals surface area contributed by atoms with Crippen LogP contribution in [0.1, 0.15) is 0 Å². The Bertz CT molecular complexity index is 1050. The molecule has 0 unspecified atom stereocenters. The predicted molar refractivity (Wildman–Crippen MR) is 122 cm³/mol. The molecule has 0 aliphatic rings. The maximum absolute atomic E-state index is 12.1. The molecule has 0 aliphatic carbocycles. The number of halogens is 4. The van der Waals surface area contributed by atoms with Gasteiger partial charge in [-0.1, -0.05) is 58.5 Å². The number of benzene rings is 3. The first-order valence-corrected chi connectivity index (χ1v) is 10.5. The molecule has 0 fully saturated rings. The zero-order valence-corrected chi connectivity index (χ0v) is 19.2. The highest BCUT2D eigenvalue weighted by Crippen LogP contribution is 2.30. The summed E-state index contributed by atoms with van der Waals surface area (Å²) < 4.78 is 21.2. The normalized spacial score (nSPS) is 10.4. The molecule has 0 heterocycles. The number of rotatable bonds is 8. The third kappa shape index (κ3) is 6.93. The van der Waals surface area contributed by atoms with Gasteiger partial charge in [0.15, 0.2) is 24.7 Å². The maximum Gasteiger partial charge on any atom is 0.349 e. The van der Waals surface area contributed by atoms with Gasteiger partial charge >= 0.3 is 11.9 Å². The summed E-state index contributed by atoms with van der Waals surface area (Å²) >= 11 is 23.6. The van der Waals surface area contributed by atoms with E-state index < -0.39 is 25.2 Å². The van der Waals surface area contributed by atoms with Crippen LogP contribution >= 0.6 is 46.4 Å². The van der Waals surface area contributed by atoms with Gasteiger partial charge < -0.3 is 18.9 Å². The van der Waals surface area contributed by atoms with Crippen molar-refractivity contribution in [1.29, 1.82) is 0 Å². The first-order chi connectivity index (χ1) is 15.3. The molecule has 3 aromatic rings. The van der Waals surface area contributed by atoms with Crippen LogP contribution in [0.4, 0.5) is 0 Å². The first-order valence-electron chi connectivity index (χ1n) is 8.98. The number of hydrogen-bond donors (Lipinski definition) is 0. The minimum atomic E-state index is -0.694. The minimum Gasteiger partial charge on any atom is -0.478 e. The summed E-state index contributed by atoms with van der Waals surface area (Å²) in [6.07, 6.45) is 0. The van der Waals surface area contributed by atoms with Gasteiger partial charge in [-0.15, -0.1) is 0 Å². The van der Waals surface area contributed by atoms with Gasteiger partial charge in [-0.3, -0.25) is 0 Å². The van der Waals surface area contributed by atoms with E-state index in [-0.39, 0.29) is 33.0 Å². The molecule has 0 atom stereocenters. The van der Waals surface area contributed by atoms with E-state index in [1.54, 1.807) is 24.3 Å². The Hall–Kier alpha value is -2.64. The fourth-order valence-corrected chi connectivity index (χ4v) is 3.28. The molecule has 0 saturated carbocycles. The molecule has 0 spiro atoms. The minimum absolute atomic E-state index is 0.151. The van der Waals surface area contributed by atoms with Gasteiger partial charge in [-0.05, 0) is 48.5 Å². The number of para-hydroxylation sites is 2. The van der Waals surface area contributed by atoms with Crippen LogP contribution in [0.15, 0.2) is 60.7 Å². The van der Waals surface area contributed by atoms with Crippen molar-refractivity contribution in [3.8, 4) is 23.0 Å². The first kappa shape index (κ1) is 24.0. The molecule has 32 heavy (non-hydrogen) atoms. The second-order valence-electron chi connectivity index (χ2n) is 6.12. The molecule has 3 aromatic carbocycles. The van der Waals surface area contributed by atoms with E-state index in [2.05, 4.69) is 0 Å². The summed E-state index contributed by atoms with van der Waals surface area (Å²) in [5, 5.41) is 1.20. The highest BCUT2D eigenvalue weighted by molar-refractivity contribution is 6.36. The van der Waals surface area contributed by atoms with Gasteiger partial charge in [0.2, 0.25) is 0 Å². The van der Waals surface area contributed by atoms with Crippen LogP contribution in [0.3, 0.4) is 0 Å². The zero-order chi connectivity index (χ0) is 23.1. The lowest BCUT2D eigenvalue weighted by molar-refractivity contribution is -0.138. The van der Waals surface area contributed by atoms with E-state index in [4.69, 9.17) is 65.4 Å². The molecule has 0 N–H and O–H groups in total. The van der Waals surface area contributed by atoms with E-state index in [0.29, 0.717) is 10.0 Å². The lowest BCUT2D eigenvalue weighted by atomic mass is 10.3. The summed E-state index contributed by atoms with van der Waals surface area (Å²) in [6, 6.07) is 15.4. The molecule has 3 rings (SSSR count). The summed E-state index contributed by atoms with van der Waals surface area (Å²) in [5.41, 5.74) is 0. The number of carbonyl (C=O) groups is 2. The smallest absolute Gasteiger partial charge is 0.349 e. The van der Waals surface area contributed by atoms with Crippen LogP contribution in [0.2, 0.25) is 20.1 Å². The van der Waals surface area contributed by atoms with Crippen molar-refractivity contribution in [3.63, 3.8) is 0 Å². The molecule has 0 bridgehead atoms. The largest absolute Gasteiger partial charge is 0.478 e. The molecule has 6 nitrogen and oxygen atoms in total. The van der Waals surface area contributed by atoms with Crippen LogP contribution in [-0.4, -0.2) is 25.2 Å². The lowest BCUT2D eigenvalue weighted by Gasteiger charge is -2.13. The van der Waals surface area contributed by atoms with Crippen LogP contribution in [0.25, 0.3) is 0 Å². The number of esters is 2. The summed E-state index contributed by atoms with van der Waals surface area (Å²) in [7, 11) is 0. The van der Waals surface area contributed by atoms with Gasteiger partial charge in [0, 0.05) is 10.0 Å². The van der Waals surface area contributed by atoms with Gasteiger partial charge in [0.25, 0.3) is 0 Å². The van der Waals surface area contributed by atoms with E-state index in [9.17, 15) is 9.59 Å². The van der Waals surface area contributed by atoms with Crippen molar-refractivity contribution in [2.45, 2.75) is 0 Å². The Labute approximate surface area is 203 Å². The van der Waals surface area contributed by atoms with Crippen molar-refractivity contribution in [2.75, 3.05) is 13.2 Å². The Morgan fingerprint density at radius 2 is 1.00 bits per heavy atom. The third-order valence-electron chi connectivity index (χ3n) is 3.78. The second kappa shape index (κ2) is 11.3. The molecule has 0 radical (unpaired) electrons. The Kier molecular flexibility index (Phi) is 8.47. The Morgan fingerprint density at radius 1 is 0.594 bits per heavy atom. The summed E-state index contributed by atoms with van der Waals surface area (Å²) in [4.78, 5) is 24.2. The fourth-order valence-electron chi connectivity index (χ4n) is 2.38. The maximum atomic E-state index is 12.1. The lowest BCUT2D eigenvalue weighted by Crippen LogP contribution is -2.20. The SMILES string of the molecule is O=C(COc1ccccc1OCC(=O)Oc1ccc(Cl)cc1Cl)Oc1ccc(Cl)cc1Cl. The average Bonchev–Trinajstić information content (AvgIpc) is 2.75. The van der Waals surface area contributed by atoms with Crippen molar-refractivity contribution < 1.29 is 28.5 Å². The molecular formula is C22H14Cl4O6. The topological polar surface area (TPSA) is 71.1 Å². The van der Waals surface area contributed by atoms with Crippen molar-refractivity contribution in [3.05, 3.63) is 80.8 Å². The van der Waals surface area contributed by atoms with Crippen LogP contribution in [0.5, 0.6) is 23.0 Å². The number of carbonyl (C=O) groups excluding carboxylic acids is 2. The molecule has 10 heteroatoms.